The third-order valence-electron chi connectivity index (χ3n) is 4.43. The van der Waals surface area contributed by atoms with Gasteiger partial charge in [0.1, 0.15) is 12.0 Å². The van der Waals surface area contributed by atoms with Crippen molar-refractivity contribution in [1.29, 1.82) is 0 Å². The van der Waals surface area contributed by atoms with E-state index in [1.165, 1.54) is 6.33 Å². The lowest BCUT2D eigenvalue weighted by atomic mass is 10.0. The molecule has 27 heavy (non-hydrogen) atoms. The molecular weight excluding hydrogens is 340 g/mol. The minimum Gasteiger partial charge on any atom is -0.361 e. The molecule has 4 rings (SSSR count). The predicted molar refractivity (Wildman–Crippen MR) is 105 cm³/mol. The van der Waals surface area contributed by atoms with Crippen LogP contribution in [-0.4, -0.2) is 42.2 Å². The van der Waals surface area contributed by atoms with Crippen LogP contribution in [0.5, 0.6) is 0 Å². The van der Waals surface area contributed by atoms with E-state index in [0.29, 0.717) is 12.4 Å². The van der Waals surface area contributed by atoms with E-state index in [0.717, 1.165) is 40.0 Å². The predicted octanol–water partition coefficient (Wildman–Crippen LogP) is 3.18. The Morgan fingerprint density at radius 3 is 2.63 bits per heavy atom. The summed E-state index contributed by atoms with van der Waals surface area (Å²) in [6.07, 6.45) is 3.31. The Morgan fingerprint density at radius 1 is 1.15 bits per heavy atom. The molecule has 1 aliphatic rings. The standard InChI is InChI=1S/C19H22N8/c1-11-8-20-17-18(27(11)19(3,4)5)25-15(9-21-17)13-6-7-14(24-12(13)2)16-22-10-23-26-16/h6-7,9-10H,1,8H2,2-5H3,(H,20,21)(H,22,23,26). The summed E-state index contributed by atoms with van der Waals surface area (Å²) in [5, 5.41) is 11.1. The molecule has 0 saturated heterocycles. The average Bonchev–Trinajstić information content (AvgIpc) is 3.14. The monoisotopic (exact) mass is 362 g/mol. The first kappa shape index (κ1) is 17.1. The van der Waals surface area contributed by atoms with Gasteiger partial charge < -0.3 is 15.2 Å². The van der Waals surface area contributed by atoms with Gasteiger partial charge in [-0.2, -0.15) is 0 Å². The Hall–Kier alpha value is -3.29. The van der Waals surface area contributed by atoms with Gasteiger partial charge in [0, 0.05) is 22.5 Å². The molecule has 2 N–H and O–H groups in total. The van der Waals surface area contributed by atoms with E-state index in [1.54, 1.807) is 6.20 Å². The summed E-state index contributed by atoms with van der Waals surface area (Å²) >= 11 is 0. The lowest BCUT2D eigenvalue weighted by molar-refractivity contribution is 0.530. The summed E-state index contributed by atoms with van der Waals surface area (Å²) in [5.41, 5.74) is 4.11. The van der Waals surface area contributed by atoms with Crippen molar-refractivity contribution in [3.05, 3.63) is 42.6 Å². The average molecular weight is 362 g/mol. The zero-order valence-corrected chi connectivity index (χ0v) is 15.9. The lowest BCUT2D eigenvalue weighted by Crippen LogP contribution is -2.45. The largest absolute Gasteiger partial charge is 0.361 e. The maximum absolute atomic E-state index is 4.90. The topological polar surface area (TPSA) is 95.5 Å². The van der Waals surface area contributed by atoms with Crippen LogP contribution in [0.15, 0.2) is 36.9 Å². The first-order valence-corrected chi connectivity index (χ1v) is 8.78. The maximum Gasteiger partial charge on any atom is 0.179 e. The molecular formula is C19H22N8. The van der Waals surface area contributed by atoms with E-state index >= 15 is 0 Å². The van der Waals surface area contributed by atoms with Gasteiger partial charge in [-0.05, 0) is 39.8 Å². The van der Waals surface area contributed by atoms with Gasteiger partial charge in [-0.15, -0.1) is 10.2 Å². The van der Waals surface area contributed by atoms with Crippen LogP contribution in [0, 0.1) is 6.92 Å². The molecule has 1 aliphatic heterocycles. The lowest BCUT2D eigenvalue weighted by Gasteiger charge is -2.41. The summed E-state index contributed by atoms with van der Waals surface area (Å²) < 4.78 is 0. The van der Waals surface area contributed by atoms with Crippen LogP contribution in [0.3, 0.4) is 0 Å². The highest BCUT2D eigenvalue weighted by molar-refractivity contribution is 5.74. The third kappa shape index (κ3) is 3.03. The second-order valence-electron chi connectivity index (χ2n) is 7.52. The molecule has 0 unspecified atom stereocenters. The number of aromatic nitrogens is 6. The molecule has 8 nitrogen and oxygen atoms in total. The molecule has 0 aliphatic carbocycles. The number of aryl methyl sites for hydroxylation is 1. The van der Waals surface area contributed by atoms with Crippen molar-refractivity contribution in [1.82, 2.24) is 30.1 Å². The fourth-order valence-electron chi connectivity index (χ4n) is 3.29. The highest BCUT2D eigenvalue weighted by atomic mass is 15.3. The molecule has 0 radical (unpaired) electrons. The molecule has 8 heteroatoms. The molecule has 4 heterocycles. The van der Waals surface area contributed by atoms with E-state index in [4.69, 9.17) is 4.98 Å². The Bertz CT molecular complexity index is 1000. The second-order valence-corrected chi connectivity index (χ2v) is 7.52. The number of hydrogen-bond acceptors (Lipinski definition) is 7. The van der Waals surface area contributed by atoms with Gasteiger partial charge in [0.15, 0.2) is 17.5 Å². The number of H-pyrrole nitrogens is 1. The van der Waals surface area contributed by atoms with Gasteiger partial charge in [-0.1, -0.05) is 6.58 Å². The van der Waals surface area contributed by atoms with Crippen molar-refractivity contribution in [2.45, 2.75) is 33.2 Å². The van der Waals surface area contributed by atoms with Crippen LogP contribution in [0.1, 0.15) is 26.5 Å². The van der Waals surface area contributed by atoms with Crippen molar-refractivity contribution in [3.63, 3.8) is 0 Å². The van der Waals surface area contributed by atoms with Crippen molar-refractivity contribution in [2.24, 2.45) is 0 Å². The van der Waals surface area contributed by atoms with Gasteiger partial charge in [0.2, 0.25) is 0 Å². The summed E-state index contributed by atoms with van der Waals surface area (Å²) in [6, 6.07) is 3.89. The highest BCUT2D eigenvalue weighted by Crippen LogP contribution is 2.36. The zero-order chi connectivity index (χ0) is 19.2. The van der Waals surface area contributed by atoms with Crippen LogP contribution >= 0.6 is 0 Å². The molecule has 0 spiro atoms. The van der Waals surface area contributed by atoms with Crippen LogP contribution in [0.2, 0.25) is 0 Å². The van der Waals surface area contributed by atoms with Crippen molar-refractivity contribution < 1.29 is 0 Å². The Balaban J connectivity index is 1.78. The molecule has 0 aromatic carbocycles. The third-order valence-corrected chi connectivity index (χ3v) is 4.43. The molecule has 0 bridgehead atoms. The van der Waals surface area contributed by atoms with Crippen LogP contribution in [0.25, 0.3) is 22.8 Å². The Kier molecular flexibility index (Phi) is 3.91. The van der Waals surface area contributed by atoms with E-state index < -0.39 is 0 Å². The SMILES string of the molecule is C=C1CNc2ncc(-c3ccc(-c4nnc[nH]4)nc3C)nc2N1C(C)(C)C. The smallest absolute Gasteiger partial charge is 0.179 e. The Labute approximate surface area is 157 Å². The van der Waals surface area contributed by atoms with Crippen LogP contribution in [0.4, 0.5) is 11.6 Å². The second kappa shape index (κ2) is 6.15. The van der Waals surface area contributed by atoms with Crippen molar-refractivity contribution in [3.8, 4) is 22.8 Å². The van der Waals surface area contributed by atoms with Gasteiger partial charge in [-0.3, -0.25) is 0 Å². The minimum absolute atomic E-state index is 0.148. The van der Waals surface area contributed by atoms with E-state index in [-0.39, 0.29) is 5.54 Å². The molecule has 3 aromatic heterocycles. The van der Waals surface area contributed by atoms with Crippen molar-refractivity contribution in [2.75, 3.05) is 16.8 Å². The van der Waals surface area contributed by atoms with Crippen LogP contribution < -0.4 is 10.2 Å². The maximum atomic E-state index is 4.90. The number of pyridine rings is 1. The number of rotatable bonds is 2. The summed E-state index contributed by atoms with van der Waals surface area (Å²) in [5.74, 6) is 2.19. The number of nitrogens with zero attached hydrogens (tertiary/aromatic N) is 6. The van der Waals surface area contributed by atoms with E-state index in [1.807, 2.05) is 19.1 Å². The van der Waals surface area contributed by atoms with Gasteiger partial charge in [0.25, 0.3) is 0 Å². The number of anilines is 2. The molecule has 0 amide bonds. The summed E-state index contributed by atoms with van der Waals surface area (Å²) in [4.78, 5) is 19.2. The van der Waals surface area contributed by atoms with Gasteiger partial charge in [-0.25, -0.2) is 15.0 Å². The quantitative estimate of drug-likeness (QED) is 0.723. The van der Waals surface area contributed by atoms with Crippen LogP contribution in [-0.2, 0) is 0 Å². The first-order chi connectivity index (χ1) is 12.8. The molecule has 138 valence electrons. The normalized spacial score (nSPS) is 14.1. The summed E-state index contributed by atoms with van der Waals surface area (Å²) in [6.45, 7) is 13.2. The molecule has 0 atom stereocenters. The number of fused-ring (bicyclic) bond motifs is 1. The highest BCUT2D eigenvalue weighted by Gasteiger charge is 2.31. The fourth-order valence-corrected chi connectivity index (χ4v) is 3.29. The molecule has 0 fully saturated rings. The molecule has 0 saturated carbocycles. The summed E-state index contributed by atoms with van der Waals surface area (Å²) in [7, 11) is 0. The number of hydrogen-bond donors (Lipinski definition) is 2. The minimum atomic E-state index is -0.148. The number of aromatic amines is 1. The first-order valence-electron chi connectivity index (χ1n) is 8.78. The fraction of sp³-hybridized carbons (Fsp3) is 0.316. The molecule has 3 aromatic rings. The van der Waals surface area contributed by atoms with E-state index in [2.05, 4.69) is 62.7 Å². The van der Waals surface area contributed by atoms with E-state index in [9.17, 15) is 0 Å². The van der Waals surface area contributed by atoms with Gasteiger partial charge >= 0.3 is 0 Å². The Morgan fingerprint density at radius 2 is 1.96 bits per heavy atom. The van der Waals surface area contributed by atoms with Crippen molar-refractivity contribution >= 4 is 11.6 Å². The number of nitrogens with one attached hydrogen (secondary N) is 2. The van der Waals surface area contributed by atoms with Gasteiger partial charge in [0.05, 0.1) is 18.4 Å². The zero-order valence-electron chi connectivity index (χ0n) is 15.9.